The highest BCUT2D eigenvalue weighted by Crippen LogP contribution is 2.27. The fraction of sp³-hybridized carbons (Fsp3) is 0.455. The molecule has 2 rings (SSSR count). The molecule has 1 saturated heterocycles. The summed E-state index contributed by atoms with van der Waals surface area (Å²) in [7, 11) is 0. The second-order valence-electron chi connectivity index (χ2n) is 3.39. The Labute approximate surface area is 89.1 Å². The third-order valence-electron chi connectivity index (χ3n) is 2.32. The van der Waals surface area contributed by atoms with Crippen LogP contribution >= 0.6 is 0 Å². The molecule has 2 heterocycles. The maximum Gasteiger partial charge on any atom is 0.130 e. The molecule has 0 spiro atoms. The number of anilines is 1. The molecular weight excluding hydrogens is 190 g/mol. The Morgan fingerprint density at radius 2 is 2.53 bits per heavy atom. The number of nitrogens with zero attached hydrogens (tertiary/aromatic N) is 2. The minimum absolute atomic E-state index is 0.124. The quantitative estimate of drug-likeness (QED) is 0.754. The molecule has 1 aromatic heterocycles. The maximum absolute atomic E-state index is 5.54. The normalized spacial score (nSPS) is 19.8. The molecule has 0 bridgehead atoms. The lowest BCUT2D eigenvalue weighted by Gasteiger charge is -2.09. The van der Waals surface area contributed by atoms with E-state index in [0.29, 0.717) is 6.54 Å². The lowest BCUT2D eigenvalue weighted by molar-refractivity contribution is 0.108. The molecule has 0 radical (unpaired) electrons. The van der Waals surface area contributed by atoms with Crippen molar-refractivity contribution in [2.45, 2.75) is 18.9 Å². The average molecular weight is 203 g/mol. The van der Waals surface area contributed by atoms with Crippen LogP contribution in [0.15, 0.2) is 12.4 Å². The van der Waals surface area contributed by atoms with Crippen LogP contribution in [0.2, 0.25) is 0 Å². The van der Waals surface area contributed by atoms with Crippen LogP contribution in [0.1, 0.15) is 24.6 Å². The SMILES string of the molecule is C#CCNc1cc(C2CCCO2)ncn1. The third kappa shape index (κ3) is 2.45. The monoisotopic (exact) mass is 203 g/mol. The molecule has 4 heteroatoms. The van der Waals surface area contributed by atoms with E-state index in [1.165, 1.54) is 6.33 Å². The minimum Gasteiger partial charge on any atom is -0.372 e. The molecule has 1 aromatic rings. The molecular formula is C11H13N3O. The largest absolute Gasteiger partial charge is 0.372 e. The van der Waals surface area contributed by atoms with Gasteiger partial charge < -0.3 is 10.1 Å². The first-order chi connectivity index (χ1) is 7.40. The van der Waals surface area contributed by atoms with Gasteiger partial charge in [-0.3, -0.25) is 0 Å². The molecule has 78 valence electrons. The van der Waals surface area contributed by atoms with Gasteiger partial charge in [0.2, 0.25) is 0 Å². The highest BCUT2D eigenvalue weighted by Gasteiger charge is 2.19. The highest BCUT2D eigenvalue weighted by atomic mass is 16.5. The summed E-state index contributed by atoms with van der Waals surface area (Å²) in [6, 6.07) is 1.90. The average Bonchev–Trinajstić information content (AvgIpc) is 2.80. The van der Waals surface area contributed by atoms with Crippen molar-refractivity contribution in [3.8, 4) is 12.3 Å². The third-order valence-corrected chi connectivity index (χ3v) is 2.32. The topological polar surface area (TPSA) is 47.0 Å². The van der Waals surface area contributed by atoms with Crippen molar-refractivity contribution in [2.24, 2.45) is 0 Å². The van der Waals surface area contributed by atoms with Gasteiger partial charge in [0, 0.05) is 12.7 Å². The number of hydrogen-bond donors (Lipinski definition) is 1. The summed E-state index contributed by atoms with van der Waals surface area (Å²) in [5, 5.41) is 3.02. The van der Waals surface area contributed by atoms with Gasteiger partial charge in [-0.15, -0.1) is 6.42 Å². The molecule has 1 aliphatic rings. The van der Waals surface area contributed by atoms with Crippen molar-refractivity contribution in [1.29, 1.82) is 0 Å². The number of rotatable bonds is 3. The first-order valence-corrected chi connectivity index (χ1v) is 5.01. The summed E-state index contributed by atoms with van der Waals surface area (Å²) in [5.74, 6) is 3.26. The maximum atomic E-state index is 5.54. The Morgan fingerprint density at radius 1 is 1.60 bits per heavy atom. The van der Waals surface area contributed by atoms with Gasteiger partial charge in [0.05, 0.1) is 18.3 Å². The second kappa shape index (κ2) is 4.76. The smallest absolute Gasteiger partial charge is 0.130 e. The van der Waals surface area contributed by atoms with E-state index in [1.54, 1.807) is 0 Å². The zero-order valence-electron chi connectivity index (χ0n) is 8.44. The van der Waals surface area contributed by atoms with Crippen LogP contribution < -0.4 is 5.32 Å². The van der Waals surface area contributed by atoms with Gasteiger partial charge in [0.15, 0.2) is 0 Å². The van der Waals surface area contributed by atoms with E-state index in [-0.39, 0.29) is 6.10 Å². The number of aromatic nitrogens is 2. The zero-order chi connectivity index (χ0) is 10.5. The van der Waals surface area contributed by atoms with E-state index >= 15 is 0 Å². The van der Waals surface area contributed by atoms with Crippen LogP contribution in [0.3, 0.4) is 0 Å². The van der Waals surface area contributed by atoms with Gasteiger partial charge in [-0.05, 0) is 12.8 Å². The lowest BCUT2D eigenvalue weighted by atomic mass is 10.2. The van der Waals surface area contributed by atoms with Crippen molar-refractivity contribution in [2.75, 3.05) is 18.5 Å². The van der Waals surface area contributed by atoms with Gasteiger partial charge in [0.25, 0.3) is 0 Å². The van der Waals surface area contributed by atoms with Crippen LogP contribution in [0.5, 0.6) is 0 Å². The molecule has 15 heavy (non-hydrogen) atoms. The van der Waals surface area contributed by atoms with Crippen LogP contribution in [0, 0.1) is 12.3 Å². The molecule has 4 nitrogen and oxygen atoms in total. The molecule has 1 atom stereocenters. The molecule has 0 amide bonds. The van der Waals surface area contributed by atoms with Crippen molar-refractivity contribution in [3.63, 3.8) is 0 Å². The van der Waals surface area contributed by atoms with E-state index in [9.17, 15) is 0 Å². The summed E-state index contributed by atoms with van der Waals surface area (Å²) >= 11 is 0. The van der Waals surface area contributed by atoms with Crippen LogP contribution in [0.4, 0.5) is 5.82 Å². The summed E-state index contributed by atoms with van der Waals surface area (Å²) in [5.41, 5.74) is 0.932. The van der Waals surface area contributed by atoms with Gasteiger partial charge in [-0.1, -0.05) is 5.92 Å². The summed E-state index contributed by atoms with van der Waals surface area (Å²) in [6.45, 7) is 1.30. The number of terminal acetylenes is 1. The minimum atomic E-state index is 0.124. The number of nitrogens with one attached hydrogen (secondary N) is 1. The standard InChI is InChI=1S/C11H13N3O/c1-2-5-12-11-7-9(13-8-14-11)10-4-3-6-15-10/h1,7-8,10H,3-6H2,(H,12,13,14). The van der Waals surface area contributed by atoms with E-state index in [0.717, 1.165) is 31.0 Å². The Bertz CT molecular complexity index is 366. The first-order valence-electron chi connectivity index (χ1n) is 5.01. The van der Waals surface area contributed by atoms with Crippen molar-refractivity contribution >= 4 is 5.82 Å². The fourth-order valence-corrected chi connectivity index (χ4v) is 1.60. The molecule has 1 fully saturated rings. The number of ether oxygens (including phenoxy) is 1. The van der Waals surface area contributed by atoms with E-state index in [2.05, 4.69) is 21.2 Å². The Kier molecular flexibility index (Phi) is 3.15. The molecule has 0 saturated carbocycles. The van der Waals surface area contributed by atoms with E-state index in [4.69, 9.17) is 11.2 Å². The lowest BCUT2D eigenvalue weighted by Crippen LogP contribution is -2.05. The molecule has 1 N–H and O–H groups in total. The second-order valence-corrected chi connectivity index (χ2v) is 3.39. The first kappa shape index (κ1) is 9.94. The predicted molar refractivity (Wildman–Crippen MR) is 57.3 cm³/mol. The van der Waals surface area contributed by atoms with Crippen LogP contribution in [-0.4, -0.2) is 23.1 Å². The molecule has 0 aromatic carbocycles. The van der Waals surface area contributed by atoms with E-state index < -0.39 is 0 Å². The number of hydrogen-bond acceptors (Lipinski definition) is 4. The molecule has 1 aliphatic heterocycles. The van der Waals surface area contributed by atoms with Crippen molar-refractivity contribution in [3.05, 3.63) is 18.1 Å². The predicted octanol–water partition coefficient (Wildman–Crippen LogP) is 1.37. The Morgan fingerprint density at radius 3 is 3.27 bits per heavy atom. The molecule has 0 aliphatic carbocycles. The van der Waals surface area contributed by atoms with Crippen LogP contribution in [0.25, 0.3) is 0 Å². The Balaban J connectivity index is 2.08. The van der Waals surface area contributed by atoms with E-state index in [1.807, 2.05) is 6.07 Å². The molecule has 1 unspecified atom stereocenters. The van der Waals surface area contributed by atoms with Gasteiger partial charge >= 0.3 is 0 Å². The van der Waals surface area contributed by atoms with Crippen molar-refractivity contribution < 1.29 is 4.74 Å². The van der Waals surface area contributed by atoms with Gasteiger partial charge in [0.1, 0.15) is 12.1 Å². The summed E-state index contributed by atoms with van der Waals surface area (Å²) < 4.78 is 5.54. The van der Waals surface area contributed by atoms with Gasteiger partial charge in [-0.25, -0.2) is 9.97 Å². The fourth-order valence-electron chi connectivity index (χ4n) is 1.60. The van der Waals surface area contributed by atoms with Crippen LogP contribution in [-0.2, 0) is 4.74 Å². The highest BCUT2D eigenvalue weighted by molar-refractivity contribution is 5.36. The zero-order valence-corrected chi connectivity index (χ0v) is 8.44. The summed E-state index contributed by atoms with van der Waals surface area (Å²) in [6.07, 6.45) is 8.95. The van der Waals surface area contributed by atoms with Gasteiger partial charge in [-0.2, -0.15) is 0 Å². The van der Waals surface area contributed by atoms with Crippen molar-refractivity contribution in [1.82, 2.24) is 9.97 Å². The summed E-state index contributed by atoms with van der Waals surface area (Å²) in [4.78, 5) is 8.28. The Hall–Kier alpha value is -1.60.